The number of amides is 2. The van der Waals surface area contributed by atoms with E-state index in [2.05, 4.69) is 27.9 Å². The Hall–Kier alpha value is -4.18. The highest BCUT2D eigenvalue weighted by Crippen LogP contribution is 2.44. The van der Waals surface area contributed by atoms with Crippen LogP contribution in [0.4, 0.5) is 10.6 Å². The van der Waals surface area contributed by atoms with Crippen molar-refractivity contribution in [3.05, 3.63) is 71.4 Å². The van der Waals surface area contributed by atoms with Gasteiger partial charge in [0.1, 0.15) is 24.0 Å². The molecule has 10 heteroatoms. The minimum absolute atomic E-state index is 0.0283. The van der Waals surface area contributed by atoms with Gasteiger partial charge in [0, 0.05) is 19.5 Å². The van der Waals surface area contributed by atoms with Crippen LogP contribution < -0.4 is 10.6 Å². The Labute approximate surface area is 202 Å². The van der Waals surface area contributed by atoms with Crippen LogP contribution in [-0.4, -0.2) is 71.0 Å². The van der Waals surface area contributed by atoms with Crippen LogP contribution in [0, 0.1) is 0 Å². The lowest BCUT2D eigenvalue weighted by Gasteiger charge is -2.22. The highest BCUT2D eigenvalue weighted by Gasteiger charge is 2.30. The predicted molar refractivity (Wildman–Crippen MR) is 129 cm³/mol. The van der Waals surface area contributed by atoms with Crippen LogP contribution >= 0.6 is 0 Å². The maximum atomic E-state index is 13.0. The molecule has 1 heterocycles. The lowest BCUT2D eigenvalue weighted by molar-refractivity contribution is -0.118. The van der Waals surface area contributed by atoms with E-state index >= 15 is 0 Å². The number of carboxylic acid groups (broad SMARTS) is 1. The zero-order valence-corrected chi connectivity index (χ0v) is 19.7. The number of rotatable bonds is 8. The van der Waals surface area contributed by atoms with E-state index in [1.165, 1.54) is 11.7 Å². The molecule has 35 heavy (non-hydrogen) atoms. The highest BCUT2D eigenvalue weighted by atomic mass is 16.5. The molecule has 3 aromatic rings. The molecule has 0 radical (unpaired) electrons. The van der Waals surface area contributed by atoms with Crippen molar-refractivity contribution >= 4 is 23.8 Å². The van der Waals surface area contributed by atoms with E-state index in [0.717, 1.165) is 28.5 Å². The second-order valence-corrected chi connectivity index (χ2v) is 8.61. The fourth-order valence-electron chi connectivity index (χ4n) is 4.29. The van der Waals surface area contributed by atoms with E-state index in [0.29, 0.717) is 0 Å². The molecule has 2 amide bonds. The molecular weight excluding hydrogens is 450 g/mol. The Morgan fingerprint density at radius 2 is 1.69 bits per heavy atom. The first kappa shape index (κ1) is 24.0. The van der Waals surface area contributed by atoms with E-state index in [1.54, 1.807) is 19.0 Å². The SMILES string of the molecule is CN(C)C[C@H](NC(=O)OCC1c2ccccc2-c2ccccc21)C(=O)Nc1c(C(=O)O)cnn1C. The zero-order valence-electron chi connectivity index (χ0n) is 19.7. The molecule has 0 saturated carbocycles. The highest BCUT2D eigenvalue weighted by molar-refractivity contribution is 6.02. The van der Waals surface area contributed by atoms with E-state index in [4.69, 9.17) is 4.74 Å². The van der Waals surface area contributed by atoms with Gasteiger partial charge in [0.25, 0.3) is 0 Å². The van der Waals surface area contributed by atoms with Crippen molar-refractivity contribution in [2.45, 2.75) is 12.0 Å². The third-order valence-corrected chi connectivity index (χ3v) is 5.91. The summed E-state index contributed by atoms with van der Waals surface area (Å²) in [5, 5.41) is 18.4. The van der Waals surface area contributed by atoms with Gasteiger partial charge in [0.05, 0.1) is 6.20 Å². The number of aromatic carboxylic acids is 1. The van der Waals surface area contributed by atoms with Crippen molar-refractivity contribution in [1.82, 2.24) is 20.0 Å². The summed E-state index contributed by atoms with van der Waals surface area (Å²) < 4.78 is 6.81. The molecule has 3 N–H and O–H groups in total. The van der Waals surface area contributed by atoms with Gasteiger partial charge in [-0.05, 0) is 36.3 Å². The smallest absolute Gasteiger partial charge is 0.407 e. The molecule has 1 aromatic heterocycles. The van der Waals surface area contributed by atoms with Crippen molar-refractivity contribution in [2.75, 3.05) is 32.6 Å². The van der Waals surface area contributed by atoms with Gasteiger partial charge in [-0.3, -0.25) is 9.48 Å². The standard InChI is InChI=1S/C25H27N5O5/c1-29(2)13-21(23(31)28-22-19(24(32)33)12-26-30(22)3)27-25(34)35-14-20-17-10-6-4-8-15(17)16-9-5-7-11-18(16)20/h4-12,20-21H,13-14H2,1-3H3,(H,27,34)(H,28,31)(H,32,33)/t21-/m0/s1. The molecule has 0 bridgehead atoms. The van der Waals surface area contributed by atoms with Crippen LogP contribution in [0.1, 0.15) is 27.4 Å². The molecule has 182 valence electrons. The number of hydrogen-bond donors (Lipinski definition) is 3. The fraction of sp³-hybridized carbons (Fsp3) is 0.280. The Kier molecular flexibility index (Phi) is 6.83. The topological polar surface area (TPSA) is 126 Å². The van der Waals surface area contributed by atoms with Crippen molar-refractivity contribution in [3.63, 3.8) is 0 Å². The van der Waals surface area contributed by atoms with E-state index < -0.39 is 24.0 Å². The van der Waals surface area contributed by atoms with E-state index in [-0.39, 0.29) is 30.5 Å². The van der Waals surface area contributed by atoms with Gasteiger partial charge < -0.3 is 25.4 Å². The first-order valence-corrected chi connectivity index (χ1v) is 11.1. The third-order valence-electron chi connectivity index (χ3n) is 5.91. The lowest BCUT2D eigenvalue weighted by atomic mass is 9.98. The van der Waals surface area contributed by atoms with Gasteiger partial charge >= 0.3 is 12.1 Å². The number of nitrogens with one attached hydrogen (secondary N) is 2. The summed E-state index contributed by atoms with van der Waals surface area (Å²) in [7, 11) is 5.03. The fourth-order valence-corrected chi connectivity index (χ4v) is 4.29. The van der Waals surface area contributed by atoms with Gasteiger partial charge in [-0.15, -0.1) is 0 Å². The first-order chi connectivity index (χ1) is 16.8. The van der Waals surface area contributed by atoms with Crippen molar-refractivity contribution in [2.24, 2.45) is 7.05 Å². The molecule has 0 unspecified atom stereocenters. The molecule has 0 saturated heterocycles. The van der Waals surface area contributed by atoms with Gasteiger partial charge in [0.2, 0.25) is 5.91 Å². The zero-order chi connectivity index (χ0) is 25.1. The molecule has 2 aromatic carbocycles. The number of fused-ring (bicyclic) bond motifs is 3. The normalized spacial score (nSPS) is 13.1. The molecule has 0 spiro atoms. The molecule has 4 rings (SSSR count). The second-order valence-electron chi connectivity index (χ2n) is 8.61. The minimum atomic E-state index is -1.22. The van der Waals surface area contributed by atoms with E-state index in [1.807, 2.05) is 36.4 Å². The summed E-state index contributed by atoms with van der Waals surface area (Å²) >= 11 is 0. The number of benzene rings is 2. The predicted octanol–water partition coefficient (Wildman–Crippen LogP) is 2.53. The summed E-state index contributed by atoms with van der Waals surface area (Å²) in [5.74, 6) is -1.89. The molecule has 1 atom stereocenters. The van der Waals surface area contributed by atoms with Crippen LogP contribution in [0.15, 0.2) is 54.7 Å². The third kappa shape index (κ3) is 5.02. The number of anilines is 1. The number of aromatic nitrogens is 2. The van der Waals surface area contributed by atoms with Crippen LogP contribution in [-0.2, 0) is 16.6 Å². The number of carbonyl (C=O) groups excluding carboxylic acids is 2. The van der Waals surface area contributed by atoms with Gasteiger partial charge in [-0.25, -0.2) is 9.59 Å². The quantitative estimate of drug-likeness (QED) is 0.455. The molecule has 0 fully saturated rings. The molecule has 1 aliphatic rings. The monoisotopic (exact) mass is 477 g/mol. The van der Waals surface area contributed by atoms with Gasteiger partial charge in [-0.1, -0.05) is 48.5 Å². The first-order valence-electron chi connectivity index (χ1n) is 11.1. The number of likely N-dealkylation sites (N-methyl/N-ethyl adjacent to an activating group) is 1. The Morgan fingerprint density at radius 1 is 1.09 bits per heavy atom. The Balaban J connectivity index is 1.45. The van der Waals surface area contributed by atoms with Gasteiger partial charge in [-0.2, -0.15) is 5.10 Å². The minimum Gasteiger partial charge on any atom is -0.477 e. The van der Waals surface area contributed by atoms with Gasteiger partial charge in [0.15, 0.2) is 0 Å². The molecule has 10 nitrogen and oxygen atoms in total. The molecular formula is C25H27N5O5. The Morgan fingerprint density at radius 3 is 2.26 bits per heavy atom. The summed E-state index contributed by atoms with van der Waals surface area (Å²) in [6.45, 7) is 0.289. The average Bonchev–Trinajstić information content (AvgIpc) is 3.35. The van der Waals surface area contributed by atoms with Crippen molar-refractivity contribution < 1.29 is 24.2 Å². The molecule has 1 aliphatic carbocycles. The number of aryl methyl sites for hydroxylation is 1. The van der Waals surface area contributed by atoms with Crippen molar-refractivity contribution in [1.29, 1.82) is 0 Å². The summed E-state index contributed by atoms with van der Waals surface area (Å²) in [6.07, 6.45) is 0.412. The number of alkyl carbamates (subject to hydrolysis) is 1. The van der Waals surface area contributed by atoms with Crippen LogP contribution in [0.3, 0.4) is 0 Å². The largest absolute Gasteiger partial charge is 0.477 e. The van der Waals surface area contributed by atoms with Crippen LogP contribution in [0.2, 0.25) is 0 Å². The summed E-state index contributed by atoms with van der Waals surface area (Å²) in [4.78, 5) is 38.8. The number of carboxylic acids is 1. The Bertz CT molecular complexity index is 1220. The van der Waals surface area contributed by atoms with E-state index in [9.17, 15) is 19.5 Å². The lowest BCUT2D eigenvalue weighted by Crippen LogP contribution is -2.49. The maximum Gasteiger partial charge on any atom is 0.407 e. The molecule has 0 aliphatic heterocycles. The average molecular weight is 478 g/mol. The van der Waals surface area contributed by atoms with Crippen molar-refractivity contribution in [3.8, 4) is 11.1 Å². The number of nitrogens with zero attached hydrogens (tertiary/aromatic N) is 3. The number of carbonyl (C=O) groups is 3. The summed E-state index contributed by atoms with van der Waals surface area (Å²) in [6, 6.07) is 15.0. The number of hydrogen-bond acceptors (Lipinski definition) is 6. The maximum absolute atomic E-state index is 13.0. The summed E-state index contributed by atoms with van der Waals surface area (Å²) in [5.41, 5.74) is 4.26. The van der Waals surface area contributed by atoms with Crippen LogP contribution in [0.5, 0.6) is 0 Å². The number of ether oxygens (including phenoxy) is 1. The van der Waals surface area contributed by atoms with Crippen LogP contribution in [0.25, 0.3) is 11.1 Å². The second kappa shape index (κ2) is 9.98.